The normalized spacial score (nSPS) is 15.5. The standard InChI is InChI=1S/C18H28N4O2/c1-3-19-17(20-12-14-8-6-5-7-9-14)21-13-16(15-10-11-15)22-18(23)24-4-2/h5-9,15-16H,3-4,10-13H2,1-2H3,(H,22,23)(H2,19,20,21). The zero-order valence-corrected chi connectivity index (χ0v) is 14.5. The van der Waals surface area contributed by atoms with Gasteiger partial charge in [-0.3, -0.25) is 0 Å². The SMILES string of the molecule is CCNC(=NCc1ccccc1)NCC(NC(=O)OCC)C1CC1. The van der Waals surface area contributed by atoms with Gasteiger partial charge in [0.25, 0.3) is 0 Å². The molecule has 0 heterocycles. The fourth-order valence-electron chi connectivity index (χ4n) is 2.46. The summed E-state index contributed by atoms with van der Waals surface area (Å²) in [6.07, 6.45) is 1.95. The van der Waals surface area contributed by atoms with Crippen LogP contribution in [0.5, 0.6) is 0 Å². The maximum absolute atomic E-state index is 11.7. The highest BCUT2D eigenvalue weighted by Gasteiger charge is 2.32. The molecule has 132 valence electrons. The van der Waals surface area contributed by atoms with Crippen molar-refractivity contribution in [3.8, 4) is 0 Å². The van der Waals surface area contributed by atoms with Crippen molar-refractivity contribution in [3.63, 3.8) is 0 Å². The lowest BCUT2D eigenvalue weighted by Gasteiger charge is -2.20. The molecule has 2 rings (SSSR count). The minimum absolute atomic E-state index is 0.0737. The predicted molar refractivity (Wildman–Crippen MR) is 95.9 cm³/mol. The van der Waals surface area contributed by atoms with Crippen molar-refractivity contribution in [1.29, 1.82) is 0 Å². The Morgan fingerprint density at radius 2 is 2.00 bits per heavy atom. The van der Waals surface area contributed by atoms with Crippen LogP contribution in [0.15, 0.2) is 35.3 Å². The van der Waals surface area contributed by atoms with Crippen molar-refractivity contribution >= 4 is 12.1 Å². The van der Waals surface area contributed by atoms with Gasteiger partial charge in [-0.2, -0.15) is 0 Å². The molecule has 1 saturated carbocycles. The summed E-state index contributed by atoms with van der Waals surface area (Å²) in [7, 11) is 0. The third-order valence-electron chi connectivity index (χ3n) is 3.87. The Labute approximate surface area is 144 Å². The summed E-state index contributed by atoms with van der Waals surface area (Å²) >= 11 is 0. The third-order valence-corrected chi connectivity index (χ3v) is 3.87. The highest BCUT2D eigenvalue weighted by Crippen LogP contribution is 2.32. The number of carbonyl (C=O) groups is 1. The Morgan fingerprint density at radius 3 is 2.62 bits per heavy atom. The summed E-state index contributed by atoms with van der Waals surface area (Å²) in [6, 6.07) is 10.2. The van der Waals surface area contributed by atoms with Gasteiger partial charge in [0.2, 0.25) is 0 Å². The van der Waals surface area contributed by atoms with Crippen LogP contribution in [0.2, 0.25) is 0 Å². The first kappa shape index (κ1) is 18.1. The second kappa shape index (κ2) is 9.80. The Morgan fingerprint density at radius 1 is 1.25 bits per heavy atom. The van der Waals surface area contributed by atoms with Crippen LogP contribution in [0.1, 0.15) is 32.3 Å². The van der Waals surface area contributed by atoms with E-state index in [4.69, 9.17) is 4.74 Å². The number of alkyl carbamates (subject to hydrolysis) is 1. The first-order valence-corrected chi connectivity index (χ1v) is 8.72. The van der Waals surface area contributed by atoms with E-state index in [2.05, 4.69) is 33.1 Å². The number of aliphatic imine (C=N–C) groups is 1. The number of guanidine groups is 1. The molecule has 3 N–H and O–H groups in total. The molecule has 0 aromatic heterocycles. The summed E-state index contributed by atoms with van der Waals surface area (Å²) in [5, 5.41) is 9.51. The van der Waals surface area contributed by atoms with Gasteiger partial charge < -0.3 is 20.7 Å². The van der Waals surface area contributed by atoms with Gasteiger partial charge in [0.05, 0.1) is 19.2 Å². The van der Waals surface area contributed by atoms with Crippen LogP contribution >= 0.6 is 0 Å². The molecule has 1 amide bonds. The van der Waals surface area contributed by atoms with Crippen molar-refractivity contribution in [3.05, 3.63) is 35.9 Å². The molecule has 1 aliphatic rings. The molecular weight excluding hydrogens is 304 g/mol. The lowest BCUT2D eigenvalue weighted by molar-refractivity contribution is 0.146. The molecule has 1 fully saturated rings. The zero-order chi connectivity index (χ0) is 17.2. The molecule has 1 atom stereocenters. The second-order valence-electron chi connectivity index (χ2n) is 5.87. The third kappa shape index (κ3) is 6.48. The van der Waals surface area contributed by atoms with Gasteiger partial charge in [-0.05, 0) is 38.2 Å². The van der Waals surface area contributed by atoms with Crippen molar-refractivity contribution in [1.82, 2.24) is 16.0 Å². The van der Waals surface area contributed by atoms with E-state index in [0.717, 1.165) is 30.9 Å². The Kier molecular flexibility index (Phi) is 7.39. The highest BCUT2D eigenvalue weighted by molar-refractivity contribution is 5.79. The van der Waals surface area contributed by atoms with E-state index in [1.165, 1.54) is 0 Å². The molecule has 0 spiro atoms. The van der Waals surface area contributed by atoms with E-state index in [0.29, 0.717) is 25.6 Å². The number of hydrogen-bond donors (Lipinski definition) is 3. The second-order valence-corrected chi connectivity index (χ2v) is 5.87. The fourth-order valence-corrected chi connectivity index (χ4v) is 2.46. The first-order valence-electron chi connectivity index (χ1n) is 8.72. The first-order chi connectivity index (χ1) is 11.7. The minimum Gasteiger partial charge on any atom is -0.450 e. The van der Waals surface area contributed by atoms with Crippen LogP contribution in [-0.2, 0) is 11.3 Å². The Balaban J connectivity index is 1.87. The number of ether oxygens (including phenoxy) is 1. The summed E-state index contributed by atoms with van der Waals surface area (Å²) in [6.45, 7) is 6.29. The number of hydrogen-bond acceptors (Lipinski definition) is 3. The van der Waals surface area contributed by atoms with E-state index < -0.39 is 0 Å². The van der Waals surface area contributed by atoms with Crippen LogP contribution < -0.4 is 16.0 Å². The molecule has 1 unspecified atom stereocenters. The van der Waals surface area contributed by atoms with E-state index >= 15 is 0 Å². The number of carbonyl (C=O) groups excluding carboxylic acids is 1. The van der Waals surface area contributed by atoms with E-state index in [9.17, 15) is 4.79 Å². The fraction of sp³-hybridized carbons (Fsp3) is 0.556. The molecule has 24 heavy (non-hydrogen) atoms. The largest absolute Gasteiger partial charge is 0.450 e. The van der Waals surface area contributed by atoms with Gasteiger partial charge in [0, 0.05) is 13.1 Å². The van der Waals surface area contributed by atoms with Gasteiger partial charge in [0.15, 0.2) is 5.96 Å². The molecular formula is C18H28N4O2. The van der Waals surface area contributed by atoms with E-state index in [1.807, 2.05) is 32.0 Å². The molecule has 6 heteroatoms. The molecule has 1 aromatic rings. The molecule has 1 aliphatic carbocycles. The number of rotatable bonds is 8. The monoisotopic (exact) mass is 332 g/mol. The molecule has 0 bridgehead atoms. The average Bonchev–Trinajstić information content (AvgIpc) is 3.42. The van der Waals surface area contributed by atoms with Crippen LogP contribution in [-0.4, -0.2) is 37.8 Å². The number of nitrogens with zero attached hydrogens (tertiary/aromatic N) is 1. The number of amides is 1. The van der Waals surface area contributed by atoms with Gasteiger partial charge in [-0.25, -0.2) is 9.79 Å². The summed E-state index contributed by atoms with van der Waals surface area (Å²) in [5.41, 5.74) is 1.16. The molecule has 1 aromatic carbocycles. The van der Waals surface area contributed by atoms with E-state index in [1.54, 1.807) is 0 Å². The lowest BCUT2D eigenvalue weighted by atomic mass is 10.2. The van der Waals surface area contributed by atoms with Crippen molar-refractivity contribution in [2.45, 2.75) is 39.3 Å². The predicted octanol–water partition coefficient (Wildman–Crippen LogP) is 2.27. The Hall–Kier alpha value is -2.24. The highest BCUT2D eigenvalue weighted by atomic mass is 16.5. The summed E-state index contributed by atoms with van der Waals surface area (Å²) in [4.78, 5) is 16.3. The van der Waals surface area contributed by atoms with Crippen LogP contribution in [0.3, 0.4) is 0 Å². The minimum atomic E-state index is -0.345. The molecule has 6 nitrogen and oxygen atoms in total. The topological polar surface area (TPSA) is 74.8 Å². The maximum Gasteiger partial charge on any atom is 0.407 e. The smallest absolute Gasteiger partial charge is 0.407 e. The van der Waals surface area contributed by atoms with Crippen LogP contribution in [0, 0.1) is 5.92 Å². The number of benzene rings is 1. The van der Waals surface area contributed by atoms with Gasteiger partial charge in [-0.1, -0.05) is 30.3 Å². The van der Waals surface area contributed by atoms with Crippen molar-refractivity contribution in [2.24, 2.45) is 10.9 Å². The van der Waals surface area contributed by atoms with Crippen LogP contribution in [0.4, 0.5) is 4.79 Å². The van der Waals surface area contributed by atoms with Crippen molar-refractivity contribution < 1.29 is 9.53 Å². The molecule has 0 saturated heterocycles. The van der Waals surface area contributed by atoms with Gasteiger partial charge in [-0.15, -0.1) is 0 Å². The zero-order valence-electron chi connectivity index (χ0n) is 14.5. The summed E-state index contributed by atoms with van der Waals surface area (Å²) < 4.78 is 4.99. The van der Waals surface area contributed by atoms with Gasteiger partial charge >= 0.3 is 6.09 Å². The van der Waals surface area contributed by atoms with Crippen molar-refractivity contribution in [2.75, 3.05) is 19.7 Å². The summed E-state index contributed by atoms with van der Waals surface area (Å²) in [5.74, 6) is 1.29. The maximum atomic E-state index is 11.7. The Bertz CT molecular complexity index is 529. The number of nitrogens with one attached hydrogen (secondary N) is 3. The van der Waals surface area contributed by atoms with E-state index in [-0.39, 0.29) is 12.1 Å². The quantitative estimate of drug-likeness (QED) is 0.504. The molecule has 0 radical (unpaired) electrons. The average molecular weight is 332 g/mol. The van der Waals surface area contributed by atoms with Gasteiger partial charge in [0.1, 0.15) is 0 Å². The lowest BCUT2D eigenvalue weighted by Crippen LogP contribution is -2.48. The molecule has 0 aliphatic heterocycles. The van der Waals surface area contributed by atoms with Crippen LogP contribution in [0.25, 0.3) is 0 Å².